The Bertz CT molecular complexity index is 1090. The number of carbonyl (C=O) groups excluding carboxylic acids is 1. The van der Waals surface area contributed by atoms with Gasteiger partial charge in [-0.05, 0) is 42.8 Å². The Labute approximate surface area is 162 Å². The molecule has 27 heavy (non-hydrogen) atoms. The first-order valence-corrected chi connectivity index (χ1v) is 8.69. The van der Waals surface area contributed by atoms with Crippen LogP contribution in [0.5, 0.6) is 11.5 Å². The number of carbonyl (C=O) groups is 1. The van der Waals surface area contributed by atoms with Gasteiger partial charge >= 0.3 is 5.63 Å². The smallest absolute Gasteiger partial charge is 0.336 e. The quantitative estimate of drug-likeness (QED) is 0.367. The van der Waals surface area contributed by atoms with E-state index in [-0.39, 0.29) is 12.4 Å². The Morgan fingerprint density at radius 3 is 2.93 bits per heavy atom. The number of hydrogen-bond acceptors (Lipinski definition) is 6. The molecule has 0 bridgehead atoms. The minimum absolute atomic E-state index is 0.0420. The van der Waals surface area contributed by atoms with Gasteiger partial charge in [-0.15, -0.1) is 0 Å². The lowest BCUT2D eigenvalue weighted by Crippen LogP contribution is -2.24. The first-order valence-electron chi connectivity index (χ1n) is 7.90. The van der Waals surface area contributed by atoms with Crippen LogP contribution in [0.2, 0.25) is 0 Å². The number of rotatable bonds is 5. The number of halogens is 1. The topological polar surface area (TPSA) is 101 Å². The van der Waals surface area contributed by atoms with E-state index in [1.807, 2.05) is 6.92 Å². The fraction of sp³-hybridized carbons (Fsp3) is 0.105. The largest absolute Gasteiger partial charge is 0.507 e. The second-order valence-corrected chi connectivity index (χ2v) is 6.61. The van der Waals surface area contributed by atoms with Crippen LogP contribution in [0.4, 0.5) is 0 Å². The van der Waals surface area contributed by atoms with Crippen LogP contribution in [0.3, 0.4) is 0 Å². The molecular formula is C19H15BrN2O5. The SMILES string of the molecule is Cc1cc(=O)oc2cc(OCC(=O)N/N=C\c3cc(Br)ccc3O)ccc12. The summed E-state index contributed by atoms with van der Waals surface area (Å²) >= 11 is 3.29. The molecule has 0 unspecified atom stereocenters. The van der Waals surface area contributed by atoms with Crippen molar-refractivity contribution in [1.29, 1.82) is 0 Å². The standard InChI is InChI=1S/C19H15BrN2O5/c1-11-6-19(25)27-17-8-14(3-4-15(11)17)26-10-18(24)22-21-9-12-7-13(20)2-5-16(12)23/h2-9,23H,10H2,1H3,(H,22,24)/b21-9-. The minimum Gasteiger partial charge on any atom is -0.507 e. The molecule has 7 nitrogen and oxygen atoms in total. The van der Waals surface area contributed by atoms with E-state index in [1.54, 1.807) is 30.3 Å². The second kappa shape index (κ2) is 8.05. The molecule has 0 radical (unpaired) electrons. The summed E-state index contributed by atoms with van der Waals surface area (Å²) in [5.74, 6) is -0.0491. The molecule has 0 aliphatic rings. The molecule has 0 fully saturated rings. The van der Waals surface area contributed by atoms with Crippen molar-refractivity contribution in [1.82, 2.24) is 5.43 Å². The van der Waals surface area contributed by atoms with Crippen molar-refractivity contribution in [2.24, 2.45) is 5.10 Å². The first kappa shape index (κ1) is 18.7. The number of nitrogens with zero attached hydrogens (tertiary/aromatic N) is 1. The van der Waals surface area contributed by atoms with E-state index >= 15 is 0 Å². The van der Waals surface area contributed by atoms with Crippen LogP contribution in [0.1, 0.15) is 11.1 Å². The molecule has 0 spiro atoms. The predicted molar refractivity (Wildman–Crippen MR) is 104 cm³/mol. The fourth-order valence-electron chi connectivity index (χ4n) is 2.38. The number of nitrogens with one attached hydrogen (secondary N) is 1. The maximum Gasteiger partial charge on any atom is 0.336 e. The van der Waals surface area contributed by atoms with Crippen molar-refractivity contribution in [3.05, 3.63) is 68.5 Å². The summed E-state index contributed by atoms with van der Waals surface area (Å²) in [7, 11) is 0. The van der Waals surface area contributed by atoms with E-state index < -0.39 is 11.5 Å². The van der Waals surface area contributed by atoms with Gasteiger partial charge in [0.25, 0.3) is 5.91 Å². The van der Waals surface area contributed by atoms with Gasteiger partial charge in [-0.2, -0.15) is 5.10 Å². The summed E-state index contributed by atoms with van der Waals surface area (Å²) in [6.45, 7) is 1.54. The number of benzene rings is 2. The van der Waals surface area contributed by atoms with E-state index in [1.165, 1.54) is 18.3 Å². The summed E-state index contributed by atoms with van der Waals surface area (Å²) in [5, 5.41) is 14.3. The van der Waals surface area contributed by atoms with Crippen LogP contribution in [-0.2, 0) is 4.79 Å². The van der Waals surface area contributed by atoms with Gasteiger partial charge in [-0.1, -0.05) is 15.9 Å². The number of hydrazone groups is 1. The molecule has 2 N–H and O–H groups in total. The third-order valence-electron chi connectivity index (χ3n) is 3.68. The van der Waals surface area contributed by atoms with Gasteiger partial charge in [0.15, 0.2) is 6.61 Å². The zero-order valence-electron chi connectivity index (χ0n) is 14.2. The van der Waals surface area contributed by atoms with Crippen molar-refractivity contribution in [3.8, 4) is 11.5 Å². The number of ether oxygens (including phenoxy) is 1. The highest BCUT2D eigenvalue weighted by Crippen LogP contribution is 2.22. The summed E-state index contributed by atoms with van der Waals surface area (Å²) in [5.41, 5.74) is 3.51. The lowest BCUT2D eigenvalue weighted by Gasteiger charge is -2.07. The van der Waals surface area contributed by atoms with Crippen LogP contribution in [0, 0.1) is 6.92 Å². The van der Waals surface area contributed by atoms with Gasteiger partial charge in [0.2, 0.25) is 0 Å². The molecule has 138 valence electrons. The molecule has 1 amide bonds. The van der Waals surface area contributed by atoms with Crippen LogP contribution < -0.4 is 15.8 Å². The van der Waals surface area contributed by atoms with Gasteiger partial charge < -0.3 is 14.3 Å². The zero-order valence-corrected chi connectivity index (χ0v) is 15.8. The molecule has 3 aromatic rings. The third kappa shape index (κ3) is 4.73. The van der Waals surface area contributed by atoms with E-state index in [9.17, 15) is 14.7 Å². The Morgan fingerprint density at radius 1 is 1.30 bits per heavy atom. The maximum atomic E-state index is 11.8. The summed E-state index contributed by atoms with van der Waals surface area (Å²) in [6.07, 6.45) is 1.32. The Balaban J connectivity index is 1.60. The number of phenols is 1. The Hall–Kier alpha value is -3.13. The van der Waals surface area contributed by atoms with Crippen molar-refractivity contribution >= 4 is 39.0 Å². The van der Waals surface area contributed by atoms with Gasteiger partial charge in [-0.3, -0.25) is 4.79 Å². The molecule has 2 aromatic carbocycles. The average Bonchev–Trinajstić information content (AvgIpc) is 2.62. The molecule has 0 saturated carbocycles. The van der Waals surface area contributed by atoms with Crippen LogP contribution in [0.15, 0.2) is 61.3 Å². The third-order valence-corrected chi connectivity index (χ3v) is 4.17. The lowest BCUT2D eigenvalue weighted by molar-refractivity contribution is -0.123. The highest BCUT2D eigenvalue weighted by Gasteiger charge is 2.06. The van der Waals surface area contributed by atoms with Crippen molar-refractivity contribution < 1.29 is 19.1 Å². The van der Waals surface area contributed by atoms with Gasteiger partial charge in [0.1, 0.15) is 17.1 Å². The number of phenolic OH excluding ortho intramolecular Hbond substituents is 1. The normalized spacial score (nSPS) is 11.0. The maximum absolute atomic E-state index is 11.8. The molecule has 0 saturated heterocycles. The molecule has 8 heteroatoms. The first-order chi connectivity index (χ1) is 12.9. The molecule has 0 atom stereocenters. The summed E-state index contributed by atoms with van der Waals surface area (Å²) < 4.78 is 11.3. The number of amides is 1. The Morgan fingerprint density at radius 2 is 2.11 bits per heavy atom. The minimum atomic E-state index is -0.480. The fourth-order valence-corrected chi connectivity index (χ4v) is 2.76. The number of hydrogen-bond donors (Lipinski definition) is 2. The molecule has 1 aromatic heterocycles. The summed E-state index contributed by atoms with van der Waals surface area (Å²) in [6, 6.07) is 11.3. The van der Waals surface area contributed by atoms with E-state index in [2.05, 4.69) is 26.5 Å². The van der Waals surface area contributed by atoms with E-state index in [0.717, 1.165) is 15.4 Å². The Kier molecular flexibility index (Phi) is 5.56. The predicted octanol–water partition coefficient (Wildman–Crippen LogP) is 3.10. The molecule has 1 heterocycles. The molecule has 0 aliphatic carbocycles. The highest BCUT2D eigenvalue weighted by molar-refractivity contribution is 9.10. The van der Waals surface area contributed by atoms with E-state index in [4.69, 9.17) is 9.15 Å². The van der Waals surface area contributed by atoms with Crippen molar-refractivity contribution in [2.75, 3.05) is 6.61 Å². The van der Waals surface area contributed by atoms with Crippen LogP contribution >= 0.6 is 15.9 Å². The van der Waals surface area contributed by atoms with Gasteiger partial charge in [0, 0.05) is 27.6 Å². The second-order valence-electron chi connectivity index (χ2n) is 5.69. The lowest BCUT2D eigenvalue weighted by atomic mass is 10.1. The zero-order chi connectivity index (χ0) is 19.4. The monoisotopic (exact) mass is 430 g/mol. The van der Waals surface area contributed by atoms with E-state index in [0.29, 0.717) is 16.9 Å². The van der Waals surface area contributed by atoms with Crippen LogP contribution in [-0.4, -0.2) is 23.8 Å². The molecule has 3 rings (SSSR count). The highest BCUT2D eigenvalue weighted by atomic mass is 79.9. The van der Waals surface area contributed by atoms with Crippen molar-refractivity contribution in [2.45, 2.75) is 6.92 Å². The molecule has 0 aliphatic heterocycles. The van der Waals surface area contributed by atoms with Gasteiger partial charge in [0.05, 0.1) is 6.21 Å². The molecular weight excluding hydrogens is 416 g/mol. The number of aromatic hydroxyl groups is 1. The summed E-state index contributed by atoms with van der Waals surface area (Å²) in [4.78, 5) is 23.3. The number of aryl methyl sites for hydroxylation is 1. The van der Waals surface area contributed by atoms with Crippen LogP contribution in [0.25, 0.3) is 11.0 Å². The van der Waals surface area contributed by atoms with Crippen molar-refractivity contribution in [3.63, 3.8) is 0 Å². The average molecular weight is 431 g/mol. The van der Waals surface area contributed by atoms with Gasteiger partial charge in [-0.25, -0.2) is 10.2 Å². The number of fused-ring (bicyclic) bond motifs is 1.